The molecule has 2 unspecified atom stereocenters. The molecule has 5 heteroatoms. The number of rotatable bonds is 11. The third kappa shape index (κ3) is 6.84. The zero-order valence-corrected chi connectivity index (χ0v) is 21.5. The summed E-state index contributed by atoms with van der Waals surface area (Å²) in [6, 6.07) is 24.3. The molecule has 4 rings (SSSR count). The highest BCUT2D eigenvalue weighted by atomic mass is 16.5. The van der Waals surface area contributed by atoms with Crippen LogP contribution in [0.15, 0.2) is 91.4 Å². The summed E-state index contributed by atoms with van der Waals surface area (Å²) in [6.07, 6.45) is 5.07. The molecule has 0 radical (unpaired) electrons. The second-order valence-electron chi connectivity index (χ2n) is 9.82. The Bertz CT molecular complexity index is 1080. The van der Waals surface area contributed by atoms with Gasteiger partial charge in [-0.15, -0.1) is 0 Å². The van der Waals surface area contributed by atoms with Gasteiger partial charge in [-0.1, -0.05) is 76.2 Å². The first kappa shape index (κ1) is 25.7. The molecule has 0 aliphatic rings. The fourth-order valence-corrected chi connectivity index (χ4v) is 3.87. The summed E-state index contributed by atoms with van der Waals surface area (Å²) in [5.74, 6) is 0.865. The highest BCUT2D eigenvalue weighted by Crippen LogP contribution is 2.29. The molecule has 3 heterocycles. The standard InChI is InChI=1S/C31H35N3O2/c1-22(2)20-35-30(24-10-6-5-7-11-24)28-15-13-25(18-33-28)26-14-16-29(34-19-26)31(36-21-23(3)4)27-12-8-9-17-32-27/h5-19,22-23,30-31H,20-21H2,1-4H3. The second-order valence-corrected chi connectivity index (χ2v) is 9.82. The fraction of sp³-hybridized carbons (Fsp3) is 0.323. The predicted octanol–water partition coefficient (Wildman–Crippen LogP) is 7.06. The maximum absolute atomic E-state index is 6.25. The van der Waals surface area contributed by atoms with E-state index < -0.39 is 0 Å². The van der Waals surface area contributed by atoms with E-state index in [-0.39, 0.29) is 12.2 Å². The molecular weight excluding hydrogens is 446 g/mol. The van der Waals surface area contributed by atoms with Gasteiger partial charge in [-0.05, 0) is 41.7 Å². The van der Waals surface area contributed by atoms with Crippen molar-refractivity contribution in [1.82, 2.24) is 15.0 Å². The topological polar surface area (TPSA) is 57.1 Å². The van der Waals surface area contributed by atoms with E-state index in [4.69, 9.17) is 19.4 Å². The van der Waals surface area contributed by atoms with Crippen LogP contribution < -0.4 is 0 Å². The molecule has 0 spiro atoms. The normalized spacial score (nSPS) is 13.2. The summed E-state index contributed by atoms with van der Waals surface area (Å²) in [4.78, 5) is 14.0. The van der Waals surface area contributed by atoms with Gasteiger partial charge in [0.25, 0.3) is 0 Å². The monoisotopic (exact) mass is 481 g/mol. The molecule has 3 aromatic heterocycles. The van der Waals surface area contributed by atoms with Gasteiger partial charge in [-0.25, -0.2) is 0 Å². The molecule has 0 aliphatic heterocycles. The van der Waals surface area contributed by atoms with Gasteiger partial charge in [0.2, 0.25) is 0 Å². The first-order valence-electron chi connectivity index (χ1n) is 12.6. The number of hydrogen-bond donors (Lipinski definition) is 0. The highest BCUT2D eigenvalue weighted by Gasteiger charge is 2.19. The fourth-order valence-electron chi connectivity index (χ4n) is 3.87. The Labute approximate surface area is 214 Å². The van der Waals surface area contributed by atoms with Gasteiger partial charge in [-0.2, -0.15) is 0 Å². The molecule has 4 aromatic rings. The van der Waals surface area contributed by atoms with Crippen LogP contribution in [0, 0.1) is 11.8 Å². The molecule has 0 fully saturated rings. The number of aromatic nitrogens is 3. The molecule has 0 bridgehead atoms. The van der Waals surface area contributed by atoms with Crippen molar-refractivity contribution in [1.29, 1.82) is 0 Å². The second kappa shape index (κ2) is 12.5. The Morgan fingerprint density at radius 2 is 1.08 bits per heavy atom. The van der Waals surface area contributed by atoms with E-state index in [1.54, 1.807) is 6.20 Å². The third-order valence-corrected chi connectivity index (χ3v) is 5.69. The van der Waals surface area contributed by atoms with Gasteiger partial charge in [0.1, 0.15) is 12.2 Å². The Morgan fingerprint density at radius 3 is 1.58 bits per heavy atom. The maximum atomic E-state index is 6.25. The van der Waals surface area contributed by atoms with Crippen LogP contribution >= 0.6 is 0 Å². The van der Waals surface area contributed by atoms with Crippen LogP contribution in [-0.2, 0) is 9.47 Å². The van der Waals surface area contributed by atoms with E-state index in [9.17, 15) is 0 Å². The van der Waals surface area contributed by atoms with Crippen molar-refractivity contribution in [3.8, 4) is 11.1 Å². The summed E-state index contributed by atoms with van der Waals surface area (Å²) >= 11 is 0. The summed E-state index contributed by atoms with van der Waals surface area (Å²) in [7, 11) is 0. The molecule has 5 nitrogen and oxygen atoms in total. The maximum Gasteiger partial charge on any atom is 0.141 e. The highest BCUT2D eigenvalue weighted by molar-refractivity contribution is 5.61. The first-order chi connectivity index (χ1) is 17.5. The Morgan fingerprint density at radius 1 is 0.556 bits per heavy atom. The van der Waals surface area contributed by atoms with Crippen LogP contribution in [0.4, 0.5) is 0 Å². The molecule has 0 saturated carbocycles. The lowest BCUT2D eigenvalue weighted by atomic mass is 10.0. The van der Waals surface area contributed by atoms with Crippen molar-refractivity contribution in [2.45, 2.75) is 39.9 Å². The molecule has 186 valence electrons. The van der Waals surface area contributed by atoms with Crippen molar-refractivity contribution in [3.63, 3.8) is 0 Å². The van der Waals surface area contributed by atoms with Gasteiger partial charge < -0.3 is 9.47 Å². The summed E-state index contributed by atoms with van der Waals surface area (Å²) in [6.45, 7) is 9.89. The van der Waals surface area contributed by atoms with E-state index in [0.29, 0.717) is 25.0 Å². The van der Waals surface area contributed by atoms with Crippen LogP contribution in [0.25, 0.3) is 11.1 Å². The zero-order valence-electron chi connectivity index (χ0n) is 21.5. The Hall–Kier alpha value is -3.41. The van der Waals surface area contributed by atoms with Crippen molar-refractivity contribution < 1.29 is 9.47 Å². The molecule has 0 amide bonds. The molecular formula is C31H35N3O2. The van der Waals surface area contributed by atoms with Crippen molar-refractivity contribution in [2.75, 3.05) is 13.2 Å². The van der Waals surface area contributed by atoms with E-state index in [2.05, 4.69) is 56.9 Å². The van der Waals surface area contributed by atoms with Crippen LogP contribution in [0.2, 0.25) is 0 Å². The predicted molar refractivity (Wildman–Crippen MR) is 143 cm³/mol. The van der Waals surface area contributed by atoms with Crippen LogP contribution in [0.5, 0.6) is 0 Å². The number of pyridine rings is 3. The van der Waals surface area contributed by atoms with Crippen LogP contribution in [0.1, 0.15) is 62.5 Å². The lowest BCUT2D eigenvalue weighted by Crippen LogP contribution is -2.13. The average Bonchev–Trinajstić information content (AvgIpc) is 2.91. The van der Waals surface area contributed by atoms with Gasteiger partial charge in [0.15, 0.2) is 0 Å². The lowest BCUT2D eigenvalue weighted by Gasteiger charge is -2.20. The van der Waals surface area contributed by atoms with Crippen LogP contribution in [-0.4, -0.2) is 28.2 Å². The van der Waals surface area contributed by atoms with Gasteiger partial charge >= 0.3 is 0 Å². The molecule has 1 aromatic carbocycles. The molecule has 0 saturated heterocycles. The minimum absolute atomic E-state index is 0.194. The molecule has 2 atom stereocenters. The largest absolute Gasteiger partial charge is 0.367 e. The van der Waals surface area contributed by atoms with Crippen molar-refractivity contribution in [3.05, 3.63) is 114 Å². The number of nitrogens with zero attached hydrogens (tertiary/aromatic N) is 3. The Kier molecular flexibility index (Phi) is 8.93. The quantitative estimate of drug-likeness (QED) is 0.229. The van der Waals surface area contributed by atoms with Crippen molar-refractivity contribution >= 4 is 0 Å². The van der Waals surface area contributed by atoms with E-state index in [0.717, 1.165) is 33.8 Å². The minimum atomic E-state index is -0.298. The molecule has 0 N–H and O–H groups in total. The summed E-state index contributed by atoms with van der Waals surface area (Å²) in [5.41, 5.74) is 5.71. The minimum Gasteiger partial charge on any atom is -0.367 e. The SMILES string of the molecule is CC(C)COC(c1ccccc1)c1ccc(-c2ccc(C(OCC(C)C)c3ccccn3)nc2)cn1. The summed E-state index contributed by atoms with van der Waals surface area (Å²) in [5, 5.41) is 0. The average molecular weight is 482 g/mol. The van der Waals surface area contributed by atoms with Gasteiger partial charge in [0, 0.05) is 29.7 Å². The van der Waals surface area contributed by atoms with E-state index in [1.165, 1.54) is 0 Å². The zero-order chi connectivity index (χ0) is 25.3. The van der Waals surface area contributed by atoms with Crippen LogP contribution in [0.3, 0.4) is 0 Å². The third-order valence-electron chi connectivity index (χ3n) is 5.69. The Balaban J connectivity index is 1.54. The first-order valence-corrected chi connectivity index (χ1v) is 12.6. The van der Waals surface area contributed by atoms with E-state index >= 15 is 0 Å². The molecule has 36 heavy (non-hydrogen) atoms. The smallest absolute Gasteiger partial charge is 0.141 e. The number of benzene rings is 1. The van der Waals surface area contributed by atoms with Gasteiger partial charge in [0.05, 0.1) is 30.3 Å². The summed E-state index contributed by atoms with van der Waals surface area (Å²) < 4.78 is 12.4. The number of hydrogen-bond acceptors (Lipinski definition) is 5. The number of ether oxygens (including phenoxy) is 2. The molecule has 0 aliphatic carbocycles. The van der Waals surface area contributed by atoms with Crippen molar-refractivity contribution in [2.24, 2.45) is 11.8 Å². The van der Waals surface area contributed by atoms with Gasteiger partial charge in [-0.3, -0.25) is 15.0 Å². The lowest BCUT2D eigenvalue weighted by molar-refractivity contribution is 0.0551. The van der Waals surface area contributed by atoms with E-state index in [1.807, 2.05) is 60.9 Å².